The van der Waals surface area contributed by atoms with E-state index >= 15 is 0 Å². The molecule has 0 radical (unpaired) electrons. The van der Waals surface area contributed by atoms with Gasteiger partial charge in [0.15, 0.2) is 11.6 Å². The molecular weight excluding hydrogens is 238 g/mol. The molecule has 0 spiro atoms. The van der Waals surface area contributed by atoms with Gasteiger partial charge in [-0.25, -0.2) is 8.78 Å². The smallest absolute Gasteiger partial charge is 0.237 e. The molecule has 5 heteroatoms. The molecule has 0 bridgehead atoms. The lowest BCUT2D eigenvalue weighted by Crippen LogP contribution is -2.41. The van der Waals surface area contributed by atoms with E-state index in [4.69, 9.17) is 5.73 Å². The predicted molar refractivity (Wildman–Crippen MR) is 65.8 cm³/mol. The molecular formula is C13H18F2N2O. The second-order valence-corrected chi connectivity index (χ2v) is 4.27. The van der Waals surface area contributed by atoms with Crippen LogP contribution in [0, 0.1) is 11.6 Å². The van der Waals surface area contributed by atoms with E-state index in [1.807, 2.05) is 6.92 Å². The fourth-order valence-corrected chi connectivity index (χ4v) is 1.70. The molecule has 1 aromatic carbocycles. The minimum Gasteiger partial charge on any atom is -0.348 e. The van der Waals surface area contributed by atoms with Gasteiger partial charge in [-0.15, -0.1) is 0 Å². The quantitative estimate of drug-likeness (QED) is 0.849. The highest BCUT2D eigenvalue weighted by atomic mass is 19.2. The lowest BCUT2D eigenvalue weighted by molar-refractivity contribution is -0.123. The van der Waals surface area contributed by atoms with Gasteiger partial charge >= 0.3 is 0 Å². The summed E-state index contributed by atoms with van der Waals surface area (Å²) in [7, 11) is 0. The topological polar surface area (TPSA) is 55.1 Å². The lowest BCUT2D eigenvalue weighted by Gasteiger charge is -2.18. The number of nitrogens with one attached hydrogen (secondary N) is 1. The van der Waals surface area contributed by atoms with Gasteiger partial charge in [0.25, 0.3) is 0 Å². The number of rotatable bonds is 5. The molecule has 0 heterocycles. The van der Waals surface area contributed by atoms with Crippen molar-refractivity contribution in [2.45, 2.75) is 38.8 Å². The Morgan fingerprint density at radius 1 is 1.44 bits per heavy atom. The number of nitrogens with two attached hydrogens (primary N) is 1. The van der Waals surface area contributed by atoms with Crippen molar-refractivity contribution in [1.29, 1.82) is 0 Å². The van der Waals surface area contributed by atoms with E-state index in [-0.39, 0.29) is 11.5 Å². The summed E-state index contributed by atoms with van der Waals surface area (Å²) in [6.07, 6.45) is 1.35. The summed E-state index contributed by atoms with van der Waals surface area (Å²) in [6.45, 7) is 3.51. The number of hydrogen-bond acceptors (Lipinski definition) is 2. The molecule has 0 aliphatic rings. The summed E-state index contributed by atoms with van der Waals surface area (Å²) in [6, 6.07) is 2.65. The van der Waals surface area contributed by atoms with E-state index in [1.165, 1.54) is 12.1 Å². The van der Waals surface area contributed by atoms with Gasteiger partial charge in [0.2, 0.25) is 5.91 Å². The van der Waals surface area contributed by atoms with Gasteiger partial charge in [-0.05, 0) is 19.4 Å². The normalized spacial score (nSPS) is 14.1. The SMILES string of the molecule is CCCC(N)C(=O)NC(C)c1cccc(F)c1F. The Kier molecular flexibility index (Phi) is 5.22. The van der Waals surface area contributed by atoms with E-state index in [0.29, 0.717) is 6.42 Å². The first kappa shape index (κ1) is 14.6. The molecule has 0 aromatic heterocycles. The number of hydrogen-bond donors (Lipinski definition) is 2. The largest absolute Gasteiger partial charge is 0.348 e. The number of carbonyl (C=O) groups is 1. The molecule has 18 heavy (non-hydrogen) atoms. The second-order valence-electron chi connectivity index (χ2n) is 4.27. The van der Waals surface area contributed by atoms with Crippen molar-refractivity contribution in [3.05, 3.63) is 35.4 Å². The highest BCUT2D eigenvalue weighted by Crippen LogP contribution is 2.18. The maximum Gasteiger partial charge on any atom is 0.237 e. The van der Waals surface area contributed by atoms with Crippen LogP contribution in [0.3, 0.4) is 0 Å². The summed E-state index contributed by atoms with van der Waals surface area (Å²) in [5.41, 5.74) is 5.76. The van der Waals surface area contributed by atoms with Crippen LogP contribution in [0.25, 0.3) is 0 Å². The van der Waals surface area contributed by atoms with Crippen LogP contribution >= 0.6 is 0 Å². The van der Waals surface area contributed by atoms with Crippen molar-refractivity contribution < 1.29 is 13.6 Å². The molecule has 0 fully saturated rings. The Morgan fingerprint density at radius 2 is 2.11 bits per heavy atom. The highest BCUT2D eigenvalue weighted by molar-refractivity contribution is 5.81. The van der Waals surface area contributed by atoms with Crippen molar-refractivity contribution in [1.82, 2.24) is 5.32 Å². The van der Waals surface area contributed by atoms with E-state index < -0.39 is 23.7 Å². The van der Waals surface area contributed by atoms with Crippen LogP contribution in [0.2, 0.25) is 0 Å². The van der Waals surface area contributed by atoms with Crippen LogP contribution in [0.4, 0.5) is 8.78 Å². The van der Waals surface area contributed by atoms with Crippen molar-refractivity contribution in [2.24, 2.45) is 5.73 Å². The predicted octanol–water partition coefficient (Wildman–Crippen LogP) is 2.27. The van der Waals surface area contributed by atoms with Crippen LogP contribution in [-0.4, -0.2) is 11.9 Å². The number of carbonyl (C=O) groups excluding carboxylic acids is 1. The Labute approximate surface area is 105 Å². The zero-order chi connectivity index (χ0) is 13.7. The van der Waals surface area contributed by atoms with Gasteiger partial charge in [-0.2, -0.15) is 0 Å². The fraction of sp³-hybridized carbons (Fsp3) is 0.462. The minimum atomic E-state index is -0.936. The van der Waals surface area contributed by atoms with Gasteiger partial charge in [0.05, 0.1) is 12.1 Å². The van der Waals surface area contributed by atoms with Crippen molar-refractivity contribution in [2.75, 3.05) is 0 Å². The molecule has 1 amide bonds. The third-order valence-corrected chi connectivity index (χ3v) is 2.74. The zero-order valence-corrected chi connectivity index (χ0v) is 10.5. The van der Waals surface area contributed by atoms with E-state index in [0.717, 1.165) is 12.5 Å². The zero-order valence-electron chi connectivity index (χ0n) is 10.5. The highest BCUT2D eigenvalue weighted by Gasteiger charge is 2.19. The van der Waals surface area contributed by atoms with Gasteiger partial charge in [0, 0.05) is 5.56 Å². The van der Waals surface area contributed by atoms with Gasteiger partial charge in [-0.1, -0.05) is 25.5 Å². The molecule has 0 aliphatic carbocycles. The lowest BCUT2D eigenvalue weighted by atomic mass is 10.1. The standard InChI is InChI=1S/C13H18F2N2O/c1-3-5-11(16)13(18)17-8(2)9-6-4-7-10(14)12(9)15/h4,6-8,11H,3,5,16H2,1-2H3,(H,17,18). The maximum absolute atomic E-state index is 13.5. The molecule has 0 aliphatic heterocycles. The first-order valence-corrected chi connectivity index (χ1v) is 5.97. The Morgan fingerprint density at radius 3 is 2.72 bits per heavy atom. The van der Waals surface area contributed by atoms with Crippen LogP contribution in [0.5, 0.6) is 0 Å². The van der Waals surface area contributed by atoms with Crippen LogP contribution in [0.1, 0.15) is 38.3 Å². The van der Waals surface area contributed by atoms with Crippen LogP contribution in [0.15, 0.2) is 18.2 Å². The summed E-state index contributed by atoms with van der Waals surface area (Å²) in [5.74, 6) is -2.21. The first-order valence-electron chi connectivity index (χ1n) is 5.97. The summed E-state index contributed by atoms with van der Waals surface area (Å²) < 4.78 is 26.5. The molecule has 3 N–H and O–H groups in total. The van der Waals surface area contributed by atoms with Crippen molar-refractivity contribution >= 4 is 5.91 Å². The summed E-state index contributed by atoms with van der Waals surface area (Å²) in [5, 5.41) is 2.58. The fourth-order valence-electron chi connectivity index (χ4n) is 1.70. The summed E-state index contributed by atoms with van der Waals surface area (Å²) in [4.78, 5) is 11.7. The van der Waals surface area contributed by atoms with Gasteiger partial charge < -0.3 is 11.1 Å². The third kappa shape index (κ3) is 3.50. The van der Waals surface area contributed by atoms with Crippen LogP contribution < -0.4 is 11.1 Å². The molecule has 2 unspecified atom stereocenters. The first-order chi connectivity index (χ1) is 8.47. The second kappa shape index (κ2) is 6.44. The molecule has 0 saturated carbocycles. The van der Waals surface area contributed by atoms with Crippen LogP contribution in [-0.2, 0) is 4.79 Å². The molecule has 2 atom stereocenters. The van der Waals surface area contributed by atoms with E-state index in [1.54, 1.807) is 6.92 Å². The Balaban J connectivity index is 2.73. The van der Waals surface area contributed by atoms with Crippen molar-refractivity contribution in [3.8, 4) is 0 Å². The number of amides is 1. The van der Waals surface area contributed by atoms with Gasteiger partial charge in [0.1, 0.15) is 0 Å². The molecule has 1 rings (SSSR count). The Bertz CT molecular complexity index is 423. The monoisotopic (exact) mass is 256 g/mol. The molecule has 1 aromatic rings. The molecule has 0 saturated heterocycles. The molecule has 100 valence electrons. The average Bonchev–Trinajstić information content (AvgIpc) is 2.32. The average molecular weight is 256 g/mol. The van der Waals surface area contributed by atoms with E-state index in [2.05, 4.69) is 5.32 Å². The van der Waals surface area contributed by atoms with Gasteiger partial charge in [-0.3, -0.25) is 4.79 Å². The minimum absolute atomic E-state index is 0.118. The van der Waals surface area contributed by atoms with Crippen molar-refractivity contribution in [3.63, 3.8) is 0 Å². The number of halogens is 2. The Hall–Kier alpha value is -1.49. The third-order valence-electron chi connectivity index (χ3n) is 2.74. The molecule has 3 nitrogen and oxygen atoms in total. The maximum atomic E-state index is 13.5. The summed E-state index contributed by atoms with van der Waals surface area (Å²) >= 11 is 0. The van der Waals surface area contributed by atoms with E-state index in [9.17, 15) is 13.6 Å². The number of benzene rings is 1.